The quantitative estimate of drug-likeness (QED) is 0.617. The van der Waals surface area contributed by atoms with Crippen molar-refractivity contribution < 1.29 is 4.79 Å². The second-order valence-electron chi connectivity index (χ2n) is 6.31. The summed E-state index contributed by atoms with van der Waals surface area (Å²) in [7, 11) is 1.88. The molecule has 2 heterocycles. The van der Waals surface area contributed by atoms with Crippen molar-refractivity contribution in [2.45, 2.75) is 19.9 Å². The largest absolute Gasteiger partial charge is 0.347 e. The van der Waals surface area contributed by atoms with Gasteiger partial charge in [0.25, 0.3) is 0 Å². The number of benzene rings is 2. The van der Waals surface area contributed by atoms with Gasteiger partial charge in [-0.2, -0.15) is 5.10 Å². The van der Waals surface area contributed by atoms with Gasteiger partial charge in [0.05, 0.1) is 5.52 Å². The molecule has 5 nitrogen and oxygen atoms in total. The molecule has 0 aliphatic rings. The molecule has 1 N–H and O–H groups in total. The summed E-state index contributed by atoms with van der Waals surface area (Å²) in [5.74, 6) is 0.593. The lowest BCUT2D eigenvalue weighted by atomic mass is 10.2. The molecule has 0 aliphatic carbocycles. The van der Waals surface area contributed by atoms with Crippen LogP contribution in [-0.2, 0) is 18.4 Å². The van der Waals surface area contributed by atoms with Gasteiger partial charge in [0.15, 0.2) is 5.82 Å². The fourth-order valence-electron chi connectivity index (χ4n) is 3.34. The highest BCUT2D eigenvalue weighted by Crippen LogP contribution is 2.23. The number of nitrogens with zero attached hydrogens (tertiary/aromatic N) is 3. The molecule has 126 valence electrons. The van der Waals surface area contributed by atoms with E-state index in [0.717, 1.165) is 16.4 Å². The van der Waals surface area contributed by atoms with Crippen molar-refractivity contribution in [3.8, 4) is 0 Å². The monoisotopic (exact) mass is 332 g/mol. The molecule has 0 saturated heterocycles. The molecule has 0 aliphatic heterocycles. The minimum Gasteiger partial charge on any atom is -0.347 e. The minimum absolute atomic E-state index is 0.0284. The molecule has 0 saturated carbocycles. The molecule has 1 amide bonds. The Balaban J connectivity index is 1.50. The highest BCUT2D eigenvalue weighted by molar-refractivity contribution is 5.99. The third kappa shape index (κ3) is 2.78. The summed E-state index contributed by atoms with van der Waals surface area (Å²) in [4.78, 5) is 12.4. The predicted octanol–water partition coefficient (Wildman–Crippen LogP) is 3.87. The van der Waals surface area contributed by atoms with Gasteiger partial charge in [0, 0.05) is 42.5 Å². The van der Waals surface area contributed by atoms with Crippen LogP contribution in [0.5, 0.6) is 0 Å². The Morgan fingerprint density at radius 1 is 1.04 bits per heavy atom. The van der Waals surface area contributed by atoms with Crippen LogP contribution in [0.25, 0.3) is 21.8 Å². The fraction of sp³-hybridized carbons (Fsp3) is 0.200. The zero-order valence-electron chi connectivity index (χ0n) is 14.4. The van der Waals surface area contributed by atoms with Gasteiger partial charge >= 0.3 is 0 Å². The molecular formula is C20H20N4O. The zero-order valence-corrected chi connectivity index (χ0v) is 14.4. The van der Waals surface area contributed by atoms with Gasteiger partial charge in [-0.25, -0.2) is 0 Å². The third-order valence-corrected chi connectivity index (χ3v) is 4.58. The number of carbonyl (C=O) groups excluding carboxylic acids is 1. The van der Waals surface area contributed by atoms with E-state index in [-0.39, 0.29) is 5.91 Å². The van der Waals surface area contributed by atoms with Crippen LogP contribution in [0.4, 0.5) is 5.82 Å². The third-order valence-electron chi connectivity index (χ3n) is 4.58. The van der Waals surface area contributed by atoms with Crippen LogP contribution in [0.3, 0.4) is 0 Å². The van der Waals surface area contributed by atoms with Gasteiger partial charge < -0.3 is 9.88 Å². The van der Waals surface area contributed by atoms with Gasteiger partial charge in [-0.15, -0.1) is 0 Å². The van der Waals surface area contributed by atoms with E-state index in [1.807, 2.05) is 43.4 Å². The maximum absolute atomic E-state index is 12.4. The molecule has 5 heteroatoms. The highest BCUT2D eigenvalue weighted by Gasteiger charge is 2.12. The standard InChI is InChI=1S/C20H20N4O/c1-14-13-24(18-10-6-3-7-15(14)18)12-11-19(25)21-20-16-8-4-5-9-17(16)23(2)22-20/h3-10,13H,11-12H2,1-2H3,(H,21,22,25). The lowest BCUT2D eigenvalue weighted by molar-refractivity contribution is -0.116. The van der Waals surface area contributed by atoms with Crippen molar-refractivity contribution in [1.29, 1.82) is 0 Å². The van der Waals surface area contributed by atoms with Crippen LogP contribution in [0, 0.1) is 6.92 Å². The first kappa shape index (κ1) is 15.4. The van der Waals surface area contributed by atoms with Crippen molar-refractivity contribution in [2.75, 3.05) is 5.32 Å². The van der Waals surface area contributed by atoms with Crippen molar-refractivity contribution in [1.82, 2.24) is 14.3 Å². The normalized spacial score (nSPS) is 11.3. The minimum atomic E-state index is -0.0284. The molecule has 2 aromatic heterocycles. The van der Waals surface area contributed by atoms with Gasteiger partial charge in [-0.05, 0) is 30.7 Å². The first-order valence-electron chi connectivity index (χ1n) is 8.39. The first-order chi connectivity index (χ1) is 12.1. The van der Waals surface area contributed by atoms with E-state index in [9.17, 15) is 4.79 Å². The Morgan fingerprint density at radius 3 is 2.52 bits per heavy atom. The van der Waals surface area contributed by atoms with Crippen LogP contribution in [0.2, 0.25) is 0 Å². The maximum Gasteiger partial charge on any atom is 0.227 e. The molecular weight excluding hydrogens is 312 g/mol. The van der Waals surface area contributed by atoms with E-state index in [1.54, 1.807) is 4.68 Å². The average molecular weight is 332 g/mol. The van der Waals surface area contributed by atoms with Gasteiger partial charge in [-0.1, -0.05) is 30.3 Å². The Bertz CT molecular complexity index is 1070. The second kappa shape index (κ2) is 6.09. The number of para-hydroxylation sites is 2. The molecule has 4 aromatic rings. The van der Waals surface area contributed by atoms with E-state index in [1.165, 1.54) is 10.9 Å². The number of nitrogens with one attached hydrogen (secondary N) is 1. The number of hydrogen-bond donors (Lipinski definition) is 1. The fourth-order valence-corrected chi connectivity index (χ4v) is 3.34. The van der Waals surface area contributed by atoms with Crippen LogP contribution in [0.1, 0.15) is 12.0 Å². The molecule has 0 atom stereocenters. The molecule has 0 bridgehead atoms. The SMILES string of the molecule is Cc1cn(CCC(=O)Nc2nn(C)c3ccccc23)c2ccccc12. The Hall–Kier alpha value is -3.08. The second-order valence-corrected chi connectivity index (χ2v) is 6.31. The molecule has 0 fully saturated rings. The number of rotatable bonds is 4. The van der Waals surface area contributed by atoms with Crippen LogP contribution in [0.15, 0.2) is 54.7 Å². The summed E-state index contributed by atoms with van der Waals surface area (Å²) in [5, 5.41) is 9.56. The lowest BCUT2D eigenvalue weighted by Crippen LogP contribution is -2.15. The molecule has 2 aromatic carbocycles. The number of carbonyl (C=O) groups is 1. The smallest absolute Gasteiger partial charge is 0.227 e. The number of aromatic nitrogens is 3. The summed E-state index contributed by atoms with van der Waals surface area (Å²) in [6, 6.07) is 16.2. The summed E-state index contributed by atoms with van der Waals surface area (Å²) < 4.78 is 3.93. The summed E-state index contributed by atoms with van der Waals surface area (Å²) in [6.07, 6.45) is 2.51. The molecule has 0 spiro atoms. The van der Waals surface area contributed by atoms with Crippen LogP contribution >= 0.6 is 0 Å². The summed E-state index contributed by atoms with van der Waals surface area (Å²) in [6.45, 7) is 2.74. The number of anilines is 1. The predicted molar refractivity (Wildman–Crippen MR) is 101 cm³/mol. The van der Waals surface area contributed by atoms with Crippen molar-refractivity contribution in [2.24, 2.45) is 7.05 Å². The maximum atomic E-state index is 12.4. The van der Waals surface area contributed by atoms with Crippen molar-refractivity contribution in [3.63, 3.8) is 0 Å². The first-order valence-corrected chi connectivity index (χ1v) is 8.39. The molecule has 25 heavy (non-hydrogen) atoms. The van der Waals surface area contributed by atoms with E-state index in [2.05, 4.69) is 40.2 Å². The van der Waals surface area contributed by atoms with E-state index in [0.29, 0.717) is 18.8 Å². The average Bonchev–Trinajstić information content (AvgIpc) is 3.12. The highest BCUT2D eigenvalue weighted by atomic mass is 16.1. The Labute approximate surface area is 145 Å². The van der Waals surface area contributed by atoms with Crippen molar-refractivity contribution >= 4 is 33.5 Å². The number of hydrogen-bond acceptors (Lipinski definition) is 2. The van der Waals surface area contributed by atoms with Crippen LogP contribution < -0.4 is 5.32 Å². The van der Waals surface area contributed by atoms with E-state index in [4.69, 9.17) is 0 Å². The Kier molecular flexibility index (Phi) is 3.76. The molecule has 4 rings (SSSR count). The number of amides is 1. The van der Waals surface area contributed by atoms with E-state index < -0.39 is 0 Å². The van der Waals surface area contributed by atoms with Gasteiger partial charge in [-0.3, -0.25) is 9.48 Å². The molecule has 0 radical (unpaired) electrons. The molecule has 0 unspecified atom stereocenters. The van der Waals surface area contributed by atoms with Gasteiger partial charge in [0.2, 0.25) is 5.91 Å². The lowest BCUT2D eigenvalue weighted by Gasteiger charge is -2.06. The zero-order chi connectivity index (χ0) is 17.4. The van der Waals surface area contributed by atoms with Crippen LogP contribution in [-0.4, -0.2) is 20.3 Å². The number of aryl methyl sites for hydroxylation is 3. The van der Waals surface area contributed by atoms with Gasteiger partial charge in [0.1, 0.15) is 0 Å². The summed E-state index contributed by atoms with van der Waals surface area (Å²) in [5.41, 5.74) is 3.40. The number of fused-ring (bicyclic) bond motifs is 2. The Morgan fingerprint density at radius 2 is 1.72 bits per heavy atom. The van der Waals surface area contributed by atoms with E-state index >= 15 is 0 Å². The van der Waals surface area contributed by atoms with Crippen molar-refractivity contribution in [3.05, 3.63) is 60.3 Å². The topological polar surface area (TPSA) is 51.9 Å². The summed E-state index contributed by atoms with van der Waals surface area (Å²) >= 11 is 0.